The predicted molar refractivity (Wildman–Crippen MR) is 117 cm³/mol. The van der Waals surface area contributed by atoms with Gasteiger partial charge in [0.15, 0.2) is 0 Å². The van der Waals surface area contributed by atoms with E-state index in [2.05, 4.69) is 0 Å². The van der Waals surface area contributed by atoms with Crippen molar-refractivity contribution in [2.75, 3.05) is 0 Å². The van der Waals surface area contributed by atoms with Crippen LogP contribution in [0.15, 0.2) is 60.7 Å². The first kappa shape index (κ1) is 24.6. The molecule has 3 rings (SSSR count). The molecule has 2 aromatic rings. The van der Waals surface area contributed by atoms with Gasteiger partial charge in [-0.05, 0) is 25.0 Å². The van der Waals surface area contributed by atoms with Crippen LogP contribution in [0.4, 0.5) is 4.79 Å². The van der Waals surface area contributed by atoms with Crippen LogP contribution >= 0.6 is 0 Å². The summed E-state index contributed by atoms with van der Waals surface area (Å²) in [6.45, 7) is 2.81. The van der Waals surface area contributed by atoms with Gasteiger partial charge in [-0.3, -0.25) is 14.2 Å². The molecule has 0 aromatic heterocycles. The Kier molecular flexibility index (Phi) is 7.69. The number of β-lactam (4-membered cyclic amide) rings is 1. The summed E-state index contributed by atoms with van der Waals surface area (Å²) >= 11 is 0. The van der Waals surface area contributed by atoms with Crippen molar-refractivity contribution in [3.8, 4) is 0 Å². The van der Waals surface area contributed by atoms with E-state index in [9.17, 15) is 27.7 Å². The van der Waals surface area contributed by atoms with Crippen molar-refractivity contribution in [2.24, 2.45) is 5.92 Å². The molecule has 11 heteroatoms. The highest BCUT2D eigenvalue weighted by atomic mass is 32.2. The second-order valence-corrected chi connectivity index (χ2v) is 9.03. The summed E-state index contributed by atoms with van der Waals surface area (Å²) in [4.78, 5) is 30.8. The van der Waals surface area contributed by atoms with Crippen LogP contribution in [0.3, 0.4) is 0 Å². The van der Waals surface area contributed by atoms with Gasteiger partial charge in [0.05, 0.1) is 18.6 Å². The van der Waals surface area contributed by atoms with E-state index >= 15 is 0 Å². The fraction of sp³-hybridized carbons (Fsp3) is 0.364. The molecule has 2 N–H and O–H groups in total. The standard InChI is InChI=1S/C22H26N2O8S/c1-15(25)19-20(24(21(19)26)33(28,29)30)16(2)32-22(27)23(13-17-9-5-3-6-10-17)31-14-18-11-7-4-8-12-18/h3-12,15-16,19-20,25H,13-14H2,1-2H3,(H,28,29,30)/t15-,16+,19-,20-/m1/s1. The average Bonchev–Trinajstić information content (AvgIpc) is 2.74. The van der Waals surface area contributed by atoms with E-state index in [1.165, 1.54) is 13.8 Å². The lowest BCUT2D eigenvalue weighted by Crippen LogP contribution is -2.69. The summed E-state index contributed by atoms with van der Waals surface area (Å²) in [6.07, 6.45) is -3.30. The minimum absolute atomic E-state index is 0.0463. The number of ether oxygens (including phenoxy) is 1. The Hall–Kier alpha value is -2.99. The van der Waals surface area contributed by atoms with Crippen LogP contribution in [0.25, 0.3) is 0 Å². The molecular formula is C22H26N2O8S. The van der Waals surface area contributed by atoms with Crippen LogP contribution in [-0.4, -0.2) is 57.7 Å². The van der Waals surface area contributed by atoms with E-state index in [1.54, 1.807) is 24.3 Å². The number of carbonyl (C=O) groups is 2. The molecule has 2 aromatic carbocycles. The Bertz CT molecular complexity index is 1060. The van der Waals surface area contributed by atoms with Crippen molar-refractivity contribution in [3.05, 3.63) is 71.8 Å². The molecule has 1 fully saturated rings. The van der Waals surface area contributed by atoms with Crippen LogP contribution in [0, 0.1) is 5.92 Å². The zero-order chi connectivity index (χ0) is 24.2. The van der Waals surface area contributed by atoms with Crippen molar-refractivity contribution >= 4 is 22.3 Å². The zero-order valence-electron chi connectivity index (χ0n) is 18.1. The van der Waals surface area contributed by atoms with Crippen LogP contribution in [0.5, 0.6) is 0 Å². The Labute approximate surface area is 192 Å². The fourth-order valence-corrected chi connectivity index (χ4v) is 4.63. The number of carbonyl (C=O) groups excluding carboxylic acids is 2. The largest absolute Gasteiger partial charge is 0.443 e. The van der Waals surface area contributed by atoms with Gasteiger partial charge < -0.3 is 9.84 Å². The molecule has 1 heterocycles. The highest BCUT2D eigenvalue weighted by molar-refractivity contribution is 7.84. The molecule has 1 saturated heterocycles. The van der Waals surface area contributed by atoms with Gasteiger partial charge in [0.2, 0.25) is 5.91 Å². The van der Waals surface area contributed by atoms with Gasteiger partial charge in [0.1, 0.15) is 18.8 Å². The molecule has 4 atom stereocenters. The highest BCUT2D eigenvalue weighted by Crippen LogP contribution is 2.35. The lowest BCUT2D eigenvalue weighted by atomic mass is 9.83. The van der Waals surface area contributed by atoms with Gasteiger partial charge in [0, 0.05) is 0 Å². The number of hydrogen-bond acceptors (Lipinski definition) is 7. The minimum atomic E-state index is -4.89. The van der Waals surface area contributed by atoms with E-state index in [4.69, 9.17) is 9.57 Å². The molecule has 0 spiro atoms. The first-order chi connectivity index (χ1) is 15.6. The van der Waals surface area contributed by atoms with Gasteiger partial charge in [-0.2, -0.15) is 13.5 Å². The Balaban J connectivity index is 1.76. The summed E-state index contributed by atoms with van der Waals surface area (Å²) in [7, 11) is -4.89. The van der Waals surface area contributed by atoms with E-state index in [0.717, 1.165) is 16.2 Å². The Morgan fingerprint density at radius 3 is 2.12 bits per heavy atom. The molecule has 0 radical (unpaired) electrons. The molecule has 0 saturated carbocycles. The van der Waals surface area contributed by atoms with Gasteiger partial charge in [-0.1, -0.05) is 60.7 Å². The third-order valence-corrected chi connectivity index (χ3v) is 6.20. The van der Waals surface area contributed by atoms with Gasteiger partial charge in [-0.15, -0.1) is 0 Å². The first-order valence-electron chi connectivity index (χ1n) is 10.3. The molecule has 1 aliphatic rings. The molecule has 0 unspecified atom stereocenters. The molecule has 178 valence electrons. The van der Waals surface area contributed by atoms with Crippen molar-refractivity contribution in [2.45, 2.75) is 45.2 Å². The number of hydroxylamine groups is 2. The van der Waals surface area contributed by atoms with E-state index in [0.29, 0.717) is 0 Å². The molecule has 0 bridgehead atoms. The quantitative estimate of drug-likeness (QED) is 0.318. The Morgan fingerprint density at radius 2 is 1.61 bits per heavy atom. The maximum Gasteiger partial charge on any atom is 0.434 e. The number of nitrogens with zero attached hydrogens (tertiary/aromatic N) is 2. The van der Waals surface area contributed by atoms with E-state index in [1.807, 2.05) is 36.4 Å². The number of rotatable bonds is 9. The fourth-order valence-electron chi connectivity index (χ4n) is 3.67. The van der Waals surface area contributed by atoms with Crippen molar-refractivity contribution in [3.63, 3.8) is 0 Å². The first-order valence-corrected chi connectivity index (χ1v) is 11.7. The van der Waals surface area contributed by atoms with E-state index in [-0.39, 0.29) is 17.5 Å². The summed E-state index contributed by atoms with van der Waals surface area (Å²) in [5.41, 5.74) is 1.57. The van der Waals surface area contributed by atoms with E-state index < -0.39 is 46.5 Å². The van der Waals surface area contributed by atoms with Crippen LogP contribution in [-0.2, 0) is 37.8 Å². The van der Waals surface area contributed by atoms with Gasteiger partial charge in [0.25, 0.3) is 0 Å². The second kappa shape index (κ2) is 10.3. The third-order valence-electron chi connectivity index (χ3n) is 5.28. The average molecular weight is 479 g/mol. The van der Waals surface area contributed by atoms with Gasteiger partial charge >= 0.3 is 16.4 Å². The SMILES string of the molecule is C[C@H](OC(=O)N(Cc1ccccc1)OCc1ccccc1)[C@@H]1[C@@H]([C@@H](C)O)C(=O)N1S(=O)(=O)O. The summed E-state index contributed by atoms with van der Waals surface area (Å²) in [6, 6.07) is 16.9. The number of hydrogen-bond donors (Lipinski definition) is 2. The molecule has 0 aliphatic carbocycles. The van der Waals surface area contributed by atoms with Crippen LogP contribution in [0.1, 0.15) is 25.0 Å². The topological polar surface area (TPSA) is 134 Å². The Morgan fingerprint density at radius 1 is 1.06 bits per heavy atom. The highest BCUT2D eigenvalue weighted by Gasteiger charge is 2.58. The summed E-state index contributed by atoms with van der Waals surface area (Å²) in [5.74, 6) is -2.12. The second-order valence-electron chi connectivity index (χ2n) is 7.74. The number of benzene rings is 2. The summed E-state index contributed by atoms with van der Waals surface area (Å²) in [5, 5.41) is 10.9. The minimum Gasteiger partial charge on any atom is -0.443 e. The zero-order valence-corrected chi connectivity index (χ0v) is 19.0. The monoisotopic (exact) mass is 478 g/mol. The van der Waals surface area contributed by atoms with Crippen molar-refractivity contribution in [1.29, 1.82) is 0 Å². The molecule has 2 amide bonds. The molecule has 33 heavy (non-hydrogen) atoms. The van der Waals surface area contributed by atoms with Gasteiger partial charge in [-0.25, -0.2) is 9.10 Å². The normalized spacial score (nSPS) is 20.0. The number of amides is 2. The number of aliphatic hydroxyl groups excluding tert-OH is 1. The third kappa shape index (κ3) is 5.88. The summed E-state index contributed by atoms with van der Waals surface area (Å²) < 4.78 is 38.3. The molecule has 1 aliphatic heterocycles. The van der Waals surface area contributed by atoms with Crippen LogP contribution in [0.2, 0.25) is 0 Å². The lowest BCUT2D eigenvalue weighted by Gasteiger charge is -2.47. The molecular weight excluding hydrogens is 452 g/mol. The molecule has 10 nitrogen and oxygen atoms in total. The van der Waals surface area contributed by atoms with Crippen molar-refractivity contribution in [1.82, 2.24) is 9.37 Å². The maximum atomic E-state index is 12.9. The van der Waals surface area contributed by atoms with Crippen molar-refractivity contribution < 1.29 is 37.2 Å². The smallest absolute Gasteiger partial charge is 0.434 e. The number of aliphatic hydroxyl groups is 1. The maximum absolute atomic E-state index is 12.9. The predicted octanol–water partition coefficient (Wildman–Crippen LogP) is 2.16. The van der Waals surface area contributed by atoms with Crippen LogP contribution < -0.4 is 0 Å². The lowest BCUT2D eigenvalue weighted by molar-refractivity contribution is -0.173.